The average Bonchev–Trinajstić information content (AvgIpc) is 2.51. The third-order valence-electron chi connectivity index (χ3n) is 2.90. The van der Waals surface area contributed by atoms with Gasteiger partial charge in [-0.1, -0.05) is 6.07 Å². The third-order valence-corrected chi connectivity index (χ3v) is 2.90. The van der Waals surface area contributed by atoms with Crippen LogP contribution in [-0.4, -0.2) is 11.1 Å². The van der Waals surface area contributed by atoms with Gasteiger partial charge < -0.3 is 5.11 Å². The van der Waals surface area contributed by atoms with Gasteiger partial charge in [-0.25, -0.2) is 31.1 Å². The van der Waals surface area contributed by atoms with Gasteiger partial charge in [-0.2, -0.15) is 0 Å². The first-order valence-electron chi connectivity index (χ1n) is 5.96. The third kappa shape index (κ3) is 3.05. The maximum atomic E-state index is 13.7. The Kier molecular flexibility index (Phi) is 4.44. The second-order valence-electron chi connectivity index (χ2n) is 4.35. The van der Waals surface area contributed by atoms with Crippen LogP contribution in [0.2, 0.25) is 0 Å². The highest BCUT2D eigenvalue weighted by Gasteiger charge is 2.26. The highest BCUT2D eigenvalue weighted by Crippen LogP contribution is 2.32. The van der Waals surface area contributed by atoms with Gasteiger partial charge in [-0.05, 0) is 23.8 Å². The Labute approximate surface area is 125 Å². The second-order valence-corrected chi connectivity index (χ2v) is 4.35. The van der Waals surface area contributed by atoms with Crippen molar-refractivity contribution in [2.75, 3.05) is 0 Å². The molecule has 120 valence electrons. The molecule has 0 aromatic heterocycles. The zero-order valence-electron chi connectivity index (χ0n) is 11.0. The number of rotatable bonds is 3. The van der Waals surface area contributed by atoms with E-state index in [1.807, 2.05) is 0 Å². The summed E-state index contributed by atoms with van der Waals surface area (Å²) in [7, 11) is 0. The van der Waals surface area contributed by atoms with Crippen molar-refractivity contribution in [2.24, 2.45) is 0 Å². The van der Waals surface area contributed by atoms with E-state index in [1.54, 1.807) is 0 Å². The van der Waals surface area contributed by atoms with Crippen molar-refractivity contribution in [1.29, 1.82) is 0 Å². The van der Waals surface area contributed by atoms with E-state index in [0.717, 1.165) is 24.3 Å². The van der Waals surface area contributed by atoms with Crippen molar-refractivity contribution in [3.63, 3.8) is 0 Å². The number of hydrogen-bond donors (Lipinski definition) is 1. The lowest BCUT2D eigenvalue weighted by Gasteiger charge is -2.09. The van der Waals surface area contributed by atoms with Gasteiger partial charge in [0.1, 0.15) is 5.82 Å². The summed E-state index contributed by atoms with van der Waals surface area (Å²) in [5, 5.41) is 8.47. The Morgan fingerprint density at radius 2 is 1.39 bits per heavy atom. The fourth-order valence-corrected chi connectivity index (χ4v) is 1.85. The lowest BCUT2D eigenvalue weighted by atomic mass is 10.0. The van der Waals surface area contributed by atoms with E-state index in [9.17, 15) is 31.1 Å². The van der Waals surface area contributed by atoms with Crippen molar-refractivity contribution in [1.82, 2.24) is 0 Å². The smallest absolute Gasteiger partial charge is 0.328 e. The fraction of sp³-hybridized carbons (Fsp3) is 0. The quantitative estimate of drug-likeness (QED) is 0.394. The molecule has 0 saturated carbocycles. The molecule has 0 atom stereocenters. The number of carboxylic acids is 1. The van der Waals surface area contributed by atoms with Crippen LogP contribution in [0.25, 0.3) is 17.2 Å². The molecule has 8 heteroatoms. The van der Waals surface area contributed by atoms with Crippen molar-refractivity contribution in [3.8, 4) is 11.1 Å². The summed E-state index contributed by atoms with van der Waals surface area (Å²) < 4.78 is 80.3. The van der Waals surface area contributed by atoms with Crippen molar-refractivity contribution in [3.05, 3.63) is 64.7 Å². The molecule has 0 radical (unpaired) electrons. The summed E-state index contributed by atoms with van der Waals surface area (Å²) >= 11 is 0. The van der Waals surface area contributed by atoms with Crippen LogP contribution in [0.5, 0.6) is 0 Å². The van der Waals surface area contributed by atoms with E-state index in [4.69, 9.17) is 5.11 Å². The number of carboxylic acid groups (broad SMARTS) is 1. The zero-order valence-corrected chi connectivity index (χ0v) is 11.0. The fourth-order valence-electron chi connectivity index (χ4n) is 1.85. The number of carbonyl (C=O) groups is 1. The number of aliphatic carboxylic acids is 1. The van der Waals surface area contributed by atoms with Crippen molar-refractivity contribution >= 4 is 12.0 Å². The predicted molar refractivity (Wildman–Crippen MR) is 68.3 cm³/mol. The molecule has 0 fully saturated rings. The molecule has 0 heterocycles. The highest BCUT2D eigenvalue weighted by atomic mass is 19.2. The predicted octanol–water partition coefficient (Wildman–Crippen LogP) is 4.29. The molecule has 0 unspecified atom stereocenters. The molecule has 0 aliphatic rings. The van der Waals surface area contributed by atoms with Gasteiger partial charge in [0.05, 0.1) is 5.56 Å². The first kappa shape index (κ1) is 16.6. The maximum Gasteiger partial charge on any atom is 0.328 e. The molecule has 0 bridgehead atoms. The lowest BCUT2D eigenvalue weighted by molar-refractivity contribution is -0.131. The summed E-state index contributed by atoms with van der Waals surface area (Å²) in [4.78, 5) is 10.4. The van der Waals surface area contributed by atoms with Crippen molar-refractivity contribution in [2.45, 2.75) is 0 Å². The summed E-state index contributed by atoms with van der Waals surface area (Å²) in [5.41, 5.74) is -2.12. The SMILES string of the molecule is O=C(O)/C=C/c1cc(-c2c(F)c(F)c(F)c(F)c2F)ccc1F. The van der Waals surface area contributed by atoms with E-state index in [0.29, 0.717) is 6.08 Å². The highest BCUT2D eigenvalue weighted by molar-refractivity contribution is 5.85. The zero-order chi connectivity index (χ0) is 17.3. The Balaban J connectivity index is 2.69. The Hall–Kier alpha value is -2.77. The first-order valence-corrected chi connectivity index (χ1v) is 5.96. The van der Waals surface area contributed by atoms with Gasteiger partial charge in [0.15, 0.2) is 23.3 Å². The van der Waals surface area contributed by atoms with E-state index in [1.165, 1.54) is 0 Å². The van der Waals surface area contributed by atoms with Crippen LogP contribution in [0, 0.1) is 34.9 Å². The molecule has 23 heavy (non-hydrogen) atoms. The molecule has 0 aliphatic carbocycles. The Morgan fingerprint density at radius 1 is 0.870 bits per heavy atom. The van der Waals surface area contributed by atoms with Crippen molar-refractivity contribution < 1.29 is 36.2 Å². The van der Waals surface area contributed by atoms with Crippen LogP contribution in [-0.2, 0) is 4.79 Å². The molecule has 0 spiro atoms. The van der Waals surface area contributed by atoms with Crippen LogP contribution < -0.4 is 0 Å². The standard InChI is InChI=1S/C15H6F6O2/c16-8-3-1-7(5-6(8)2-4-9(22)23)10-11(17)13(19)15(21)14(20)12(10)18/h1-5H,(H,22,23)/b4-2+. The number of halogens is 6. The minimum absolute atomic E-state index is 0.395. The van der Waals surface area contributed by atoms with Gasteiger partial charge in [-0.3, -0.25) is 0 Å². The minimum atomic E-state index is -2.31. The number of benzene rings is 2. The van der Waals surface area contributed by atoms with E-state index >= 15 is 0 Å². The van der Waals surface area contributed by atoms with E-state index < -0.39 is 57.6 Å². The summed E-state index contributed by atoms with van der Waals surface area (Å²) in [5.74, 6) is -13.1. The summed E-state index contributed by atoms with van der Waals surface area (Å²) in [6.07, 6.45) is 1.34. The Morgan fingerprint density at radius 3 is 1.91 bits per heavy atom. The van der Waals surface area contributed by atoms with Crippen LogP contribution >= 0.6 is 0 Å². The largest absolute Gasteiger partial charge is 0.478 e. The Bertz CT molecular complexity index is 800. The monoisotopic (exact) mass is 332 g/mol. The molecule has 0 amide bonds. The van der Waals surface area contributed by atoms with Gasteiger partial charge in [0.2, 0.25) is 5.82 Å². The lowest BCUT2D eigenvalue weighted by Crippen LogP contribution is -2.04. The molecular formula is C15H6F6O2. The molecule has 2 rings (SSSR count). The molecule has 2 nitrogen and oxygen atoms in total. The van der Waals surface area contributed by atoms with Gasteiger partial charge >= 0.3 is 5.97 Å². The first-order chi connectivity index (χ1) is 10.7. The van der Waals surface area contributed by atoms with Gasteiger partial charge in [0, 0.05) is 11.6 Å². The number of hydrogen-bond acceptors (Lipinski definition) is 1. The van der Waals surface area contributed by atoms with E-state index in [-0.39, 0.29) is 0 Å². The molecular weight excluding hydrogens is 326 g/mol. The van der Waals surface area contributed by atoms with Gasteiger partial charge in [-0.15, -0.1) is 0 Å². The molecule has 0 aliphatic heterocycles. The molecule has 2 aromatic rings. The average molecular weight is 332 g/mol. The topological polar surface area (TPSA) is 37.3 Å². The normalized spacial score (nSPS) is 11.2. The minimum Gasteiger partial charge on any atom is -0.478 e. The van der Waals surface area contributed by atoms with Crippen LogP contribution in [0.15, 0.2) is 24.3 Å². The van der Waals surface area contributed by atoms with Gasteiger partial charge in [0.25, 0.3) is 0 Å². The van der Waals surface area contributed by atoms with Crippen LogP contribution in [0.3, 0.4) is 0 Å². The molecule has 0 saturated heterocycles. The summed E-state index contributed by atoms with van der Waals surface area (Å²) in [6.45, 7) is 0. The van der Waals surface area contributed by atoms with E-state index in [2.05, 4.69) is 0 Å². The second kappa shape index (κ2) is 6.15. The summed E-state index contributed by atoms with van der Waals surface area (Å²) in [6, 6.07) is 2.30. The molecule has 1 N–H and O–H groups in total. The van der Waals surface area contributed by atoms with Crippen LogP contribution in [0.1, 0.15) is 5.56 Å². The van der Waals surface area contributed by atoms with Crippen LogP contribution in [0.4, 0.5) is 26.3 Å². The maximum absolute atomic E-state index is 13.7. The molecule has 2 aromatic carbocycles.